The van der Waals surface area contributed by atoms with E-state index in [1.165, 1.54) is 12.1 Å². The van der Waals surface area contributed by atoms with Crippen molar-refractivity contribution >= 4 is 5.91 Å². The molecule has 2 aromatic rings. The number of aromatic nitrogens is 1. The maximum Gasteiger partial charge on any atom is 0.273 e. The molecule has 5 nitrogen and oxygen atoms in total. The van der Waals surface area contributed by atoms with E-state index in [0.29, 0.717) is 11.8 Å². The second-order valence-electron chi connectivity index (χ2n) is 6.74. The first-order valence-corrected chi connectivity index (χ1v) is 8.30. The van der Waals surface area contributed by atoms with Crippen LogP contribution < -0.4 is 5.32 Å². The van der Waals surface area contributed by atoms with Crippen molar-refractivity contribution in [3.05, 3.63) is 41.8 Å². The minimum atomic E-state index is -0.422. The van der Waals surface area contributed by atoms with Crippen LogP contribution in [0.1, 0.15) is 29.8 Å². The third kappa shape index (κ3) is 2.51. The van der Waals surface area contributed by atoms with Gasteiger partial charge in [-0.1, -0.05) is 17.3 Å². The number of hydrogen-bond acceptors (Lipinski definition) is 4. The van der Waals surface area contributed by atoms with E-state index in [9.17, 15) is 14.3 Å². The Bertz CT molecular complexity index is 760. The van der Waals surface area contributed by atoms with E-state index in [0.717, 1.165) is 19.3 Å². The summed E-state index contributed by atoms with van der Waals surface area (Å²) >= 11 is 0. The largest absolute Gasteiger partial charge is 0.396 e. The number of aliphatic hydroxyl groups is 1. The number of aliphatic hydroxyl groups excluding tert-OH is 1. The van der Waals surface area contributed by atoms with Crippen LogP contribution in [0.25, 0.3) is 11.3 Å². The zero-order valence-corrected chi connectivity index (χ0v) is 13.1. The van der Waals surface area contributed by atoms with Crippen LogP contribution in [0.3, 0.4) is 0 Å². The minimum Gasteiger partial charge on any atom is -0.396 e. The van der Waals surface area contributed by atoms with E-state index in [1.54, 1.807) is 18.2 Å². The SMILES string of the molecule is O=C(NC1C2CCC(C2)C1CO)c1cc(-c2ccccc2F)on1. The van der Waals surface area contributed by atoms with Gasteiger partial charge in [0.05, 0.1) is 5.56 Å². The fourth-order valence-electron chi connectivity index (χ4n) is 4.29. The van der Waals surface area contributed by atoms with Gasteiger partial charge in [0.1, 0.15) is 5.82 Å². The maximum atomic E-state index is 13.8. The predicted octanol–water partition coefficient (Wildman–Crippen LogP) is 2.62. The number of carbonyl (C=O) groups excluding carboxylic acids is 1. The summed E-state index contributed by atoms with van der Waals surface area (Å²) in [6.07, 6.45) is 3.28. The van der Waals surface area contributed by atoms with Crippen LogP contribution in [0, 0.1) is 23.6 Å². The fourth-order valence-corrected chi connectivity index (χ4v) is 4.29. The summed E-state index contributed by atoms with van der Waals surface area (Å²) in [5.74, 6) is 0.507. The molecule has 2 aliphatic carbocycles. The van der Waals surface area contributed by atoms with Gasteiger partial charge in [-0.05, 0) is 43.2 Å². The Morgan fingerprint density at radius 3 is 2.92 bits per heavy atom. The minimum absolute atomic E-state index is 0.0186. The van der Waals surface area contributed by atoms with E-state index in [2.05, 4.69) is 10.5 Å². The number of hydrogen-bond donors (Lipinski definition) is 2. The van der Waals surface area contributed by atoms with Crippen LogP contribution in [0.2, 0.25) is 0 Å². The lowest BCUT2D eigenvalue weighted by Gasteiger charge is -2.30. The highest BCUT2D eigenvalue weighted by atomic mass is 19.1. The molecule has 0 spiro atoms. The Labute approximate surface area is 138 Å². The first-order chi connectivity index (χ1) is 11.7. The molecule has 4 atom stereocenters. The summed E-state index contributed by atoms with van der Waals surface area (Å²) in [7, 11) is 0. The number of nitrogens with one attached hydrogen (secondary N) is 1. The van der Waals surface area contributed by atoms with Crippen LogP contribution in [-0.2, 0) is 0 Å². The topological polar surface area (TPSA) is 75.4 Å². The number of nitrogens with zero attached hydrogens (tertiary/aromatic N) is 1. The van der Waals surface area contributed by atoms with Crippen molar-refractivity contribution in [3.63, 3.8) is 0 Å². The second kappa shape index (κ2) is 6.02. The third-order valence-corrected chi connectivity index (χ3v) is 5.48. The smallest absolute Gasteiger partial charge is 0.273 e. The van der Waals surface area contributed by atoms with Crippen molar-refractivity contribution in [2.45, 2.75) is 25.3 Å². The number of carbonyl (C=O) groups is 1. The Balaban J connectivity index is 1.51. The molecule has 4 unspecified atom stereocenters. The maximum absolute atomic E-state index is 13.8. The monoisotopic (exact) mass is 330 g/mol. The molecule has 24 heavy (non-hydrogen) atoms. The molecule has 2 N–H and O–H groups in total. The number of rotatable bonds is 4. The van der Waals surface area contributed by atoms with Crippen molar-refractivity contribution in [1.29, 1.82) is 0 Å². The number of halogens is 1. The van der Waals surface area contributed by atoms with E-state index in [1.807, 2.05) is 0 Å². The predicted molar refractivity (Wildman–Crippen MR) is 84.6 cm³/mol. The average Bonchev–Trinajstić information content (AvgIpc) is 3.31. The van der Waals surface area contributed by atoms with Gasteiger partial charge in [0.25, 0.3) is 5.91 Å². The lowest BCUT2D eigenvalue weighted by atomic mass is 9.85. The summed E-state index contributed by atoms with van der Waals surface area (Å²) in [5.41, 5.74) is 0.407. The molecule has 1 aromatic heterocycles. The highest BCUT2D eigenvalue weighted by Crippen LogP contribution is 2.48. The molecule has 1 aromatic carbocycles. The van der Waals surface area contributed by atoms with Gasteiger partial charge in [0.15, 0.2) is 11.5 Å². The van der Waals surface area contributed by atoms with E-state index >= 15 is 0 Å². The molecule has 4 rings (SSSR count). The van der Waals surface area contributed by atoms with Crippen molar-refractivity contribution in [2.75, 3.05) is 6.61 Å². The van der Waals surface area contributed by atoms with Gasteiger partial charge in [-0.2, -0.15) is 0 Å². The molecule has 0 saturated heterocycles. The van der Waals surface area contributed by atoms with Gasteiger partial charge in [0.2, 0.25) is 0 Å². The van der Waals surface area contributed by atoms with Crippen molar-refractivity contribution < 1.29 is 18.8 Å². The van der Waals surface area contributed by atoms with Gasteiger partial charge in [-0.25, -0.2) is 4.39 Å². The van der Waals surface area contributed by atoms with Crippen LogP contribution >= 0.6 is 0 Å². The summed E-state index contributed by atoms with van der Waals surface area (Å²) in [5, 5.41) is 16.4. The normalized spacial score (nSPS) is 28.2. The number of amides is 1. The fraction of sp³-hybridized carbons (Fsp3) is 0.444. The van der Waals surface area contributed by atoms with Gasteiger partial charge in [-0.15, -0.1) is 0 Å². The van der Waals surface area contributed by atoms with E-state index < -0.39 is 5.82 Å². The summed E-state index contributed by atoms with van der Waals surface area (Å²) in [4.78, 5) is 12.5. The molecule has 6 heteroatoms. The summed E-state index contributed by atoms with van der Waals surface area (Å²) in [6.45, 7) is 0.0887. The highest BCUT2D eigenvalue weighted by Gasteiger charge is 2.47. The quantitative estimate of drug-likeness (QED) is 0.903. The van der Waals surface area contributed by atoms with Gasteiger partial charge in [-0.3, -0.25) is 4.79 Å². The Hall–Kier alpha value is -2.21. The first kappa shape index (κ1) is 15.3. The lowest BCUT2D eigenvalue weighted by Crippen LogP contribution is -2.45. The van der Waals surface area contributed by atoms with Crippen LogP contribution in [-0.4, -0.2) is 28.8 Å². The van der Waals surface area contributed by atoms with Crippen LogP contribution in [0.15, 0.2) is 34.9 Å². The average molecular weight is 330 g/mol. The van der Waals surface area contributed by atoms with Gasteiger partial charge < -0.3 is 14.9 Å². The Kier molecular flexibility index (Phi) is 3.84. The zero-order chi connectivity index (χ0) is 16.7. The van der Waals surface area contributed by atoms with E-state index in [4.69, 9.17) is 4.52 Å². The second-order valence-corrected chi connectivity index (χ2v) is 6.74. The van der Waals surface area contributed by atoms with Crippen molar-refractivity contribution in [1.82, 2.24) is 10.5 Å². The zero-order valence-electron chi connectivity index (χ0n) is 13.1. The van der Waals surface area contributed by atoms with Gasteiger partial charge in [0, 0.05) is 24.6 Å². The van der Waals surface area contributed by atoms with Crippen molar-refractivity contribution in [2.24, 2.45) is 17.8 Å². The molecule has 1 heterocycles. The van der Waals surface area contributed by atoms with Crippen LogP contribution in [0.5, 0.6) is 0 Å². The summed E-state index contributed by atoms with van der Waals surface area (Å²) < 4.78 is 18.9. The Morgan fingerprint density at radius 1 is 1.33 bits per heavy atom. The summed E-state index contributed by atoms with van der Waals surface area (Å²) in [6, 6.07) is 7.63. The highest BCUT2D eigenvalue weighted by molar-refractivity contribution is 5.93. The molecule has 2 saturated carbocycles. The van der Waals surface area contributed by atoms with E-state index in [-0.39, 0.29) is 41.5 Å². The molecule has 0 aliphatic heterocycles. The van der Waals surface area contributed by atoms with Crippen molar-refractivity contribution in [3.8, 4) is 11.3 Å². The lowest BCUT2D eigenvalue weighted by molar-refractivity contribution is 0.0853. The standard InChI is InChI=1S/C18H19FN2O3/c19-14-4-2-1-3-12(14)16-8-15(21-24-16)18(23)20-17-11-6-5-10(7-11)13(17)9-22/h1-4,8,10-11,13,17,22H,5-7,9H2,(H,20,23). The molecule has 126 valence electrons. The Morgan fingerprint density at radius 2 is 2.12 bits per heavy atom. The molecule has 0 radical (unpaired) electrons. The molecular formula is C18H19FN2O3. The third-order valence-electron chi connectivity index (χ3n) is 5.48. The molecular weight excluding hydrogens is 311 g/mol. The molecule has 2 bridgehead atoms. The first-order valence-electron chi connectivity index (χ1n) is 8.30. The van der Waals surface area contributed by atoms with Gasteiger partial charge >= 0.3 is 0 Å². The molecule has 1 amide bonds. The number of benzene rings is 1. The number of fused-ring (bicyclic) bond motifs is 2. The molecule has 2 aliphatic rings. The molecule has 2 fully saturated rings. The van der Waals surface area contributed by atoms with Crippen LogP contribution in [0.4, 0.5) is 4.39 Å².